The first kappa shape index (κ1) is 15.1. The molecule has 0 radical (unpaired) electrons. The van der Waals surface area contributed by atoms with Gasteiger partial charge in [0.15, 0.2) is 11.6 Å². The van der Waals surface area contributed by atoms with Crippen molar-refractivity contribution in [2.45, 2.75) is 13.5 Å². The molecule has 2 heterocycles. The summed E-state index contributed by atoms with van der Waals surface area (Å²) >= 11 is 0. The number of aromatic nitrogens is 4. The molecule has 0 spiro atoms. The van der Waals surface area contributed by atoms with Crippen LogP contribution < -0.4 is 5.32 Å². The van der Waals surface area contributed by atoms with E-state index in [0.717, 1.165) is 22.2 Å². The van der Waals surface area contributed by atoms with E-state index in [-0.39, 0.29) is 18.3 Å². The second-order valence-corrected chi connectivity index (χ2v) is 5.67. The second-order valence-electron chi connectivity index (χ2n) is 5.67. The molecule has 0 saturated carbocycles. The minimum absolute atomic E-state index is 0.158. The number of carbonyl (C=O) groups is 1. The van der Waals surface area contributed by atoms with Gasteiger partial charge < -0.3 is 14.8 Å². The van der Waals surface area contributed by atoms with Crippen LogP contribution in [-0.2, 0) is 6.54 Å². The molecular formula is C18H15N5O2. The molecule has 4 rings (SSSR count). The van der Waals surface area contributed by atoms with E-state index in [1.165, 1.54) is 0 Å². The minimum atomic E-state index is -0.320. The smallest absolute Gasteiger partial charge is 0.287 e. The Morgan fingerprint density at radius 2 is 2.00 bits per heavy atom. The zero-order valence-electron chi connectivity index (χ0n) is 13.5. The molecule has 2 aromatic carbocycles. The van der Waals surface area contributed by atoms with Crippen LogP contribution in [0, 0.1) is 6.92 Å². The van der Waals surface area contributed by atoms with Crippen molar-refractivity contribution >= 4 is 16.9 Å². The Hall–Kier alpha value is -3.48. The fraction of sp³-hybridized carbons (Fsp3) is 0.111. The lowest BCUT2D eigenvalue weighted by atomic mass is 10.2. The van der Waals surface area contributed by atoms with Crippen LogP contribution in [-0.4, -0.2) is 26.0 Å². The van der Waals surface area contributed by atoms with Crippen LogP contribution in [0.15, 0.2) is 53.1 Å². The van der Waals surface area contributed by atoms with E-state index in [2.05, 4.69) is 25.4 Å². The Kier molecular flexibility index (Phi) is 3.74. The van der Waals surface area contributed by atoms with Crippen LogP contribution in [0.5, 0.6) is 0 Å². The molecule has 0 aliphatic rings. The maximum Gasteiger partial charge on any atom is 0.287 e. The maximum absolute atomic E-state index is 12.3. The van der Waals surface area contributed by atoms with Crippen molar-refractivity contribution in [2.75, 3.05) is 0 Å². The highest BCUT2D eigenvalue weighted by molar-refractivity contribution is 5.94. The third-order valence-corrected chi connectivity index (χ3v) is 3.75. The average Bonchev–Trinajstić information content (AvgIpc) is 3.27. The highest BCUT2D eigenvalue weighted by atomic mass is 16.5. The van der Waals surface area contributed by atoms with Crippen molar-refractivity contribution in [2.24, 2.45) is 0 Å². The molecule has 2 N–H and O–H groups in total. The van der Waals surface area contributed by atoms with Crippen molar-refractivity contribution in [1.29, 1.82) is 0 Å². The number of nitrogens with zero attached hydrogens (tertiary/aromatic N) is 3. The quantitative estimate of drug-likeness (QED) is 0.598. The molecular weight excluding hydrogens is 318 g/mol. The van der Waals surface area contributed by atoms with E-state index in [9.17, 15) is 4.79 Å². The number of benzene rings is 2. The highest BCUT2D eigenvalue weighted by Gasteiger charge is 2.13. The van der Waals surface area contributed by atoms with Crippen LogP contribution in [0.1, 0.15) is 22.0 Å². The van der Waals surface area contributed by atoms with Crippen molar-refractivity contribution in [3.05, 3.63) is 65.7 Å². The molecule has 0 unspecified atom stereocenters. The van der Waals surface area contributed by atoms with Gasteiger partial charge in [-0.1, -0.05) is 29.4 Å². The minimum Gasteiger partial charge on any atom is -0.342 e. The van der Waals surface area contributed by atoms with E-state index in [1.54, 1.807) is 0 Å². The van der Waals surface area contributed by atoms with Crippen molar-refractivity contribution < 1.29 is 9.32 Å². The number of rotatable bonds is 4. The summed E-state index contributed by atoms with van der Waals surface area (Å²) in [6.45, 7) is 2.14. The van der Waals surface area contributed by atoms with Crippen LogP contribution in [0.2, 0.25) is 0 Å². The lowest BCUT2D eigenvalue weighted by Gasteiger charge is -1.98. The molecule has 7 heteroatoms. The number of aryl methyl sites for hydroxylation is 1. The van der Waals surface area contributed by atoms with Crippen molar-refractivity contribution in [3.8, 4) is 11.5 Å². The molecule has 0 bridgehead atoms. The summed E-state index contributed by atoms with van der Waals surface area (Å²) in [5, 5.41) is 6.62. The highest BCUT2D eigenvalue weighted by Crippen LogP contribution is 2.16. The Morgan fingerprint density at radius 1 is 1.16 bits per heavy atom. The van der Waals surface area contributed by atoms with E-state index >= 15 is 0 Å². The summed E-state index contributed by atoms with van der Waals surface area (Å²) in [5.74, 6) is 0.760. The Balaban J connectivity index is 1.45. The van der Waals surface area contributed by atoms with Gasteiger partial charge in [0.2, 0.25) is 0 Å². The molecule has 0 atom stereocenters. The van der Waals surface area contributed by atoms with Gasteiger partial charge in [-0.25, -0.2) is 4.98 Å². The Labute approximate surface area is 143 Å². The van der Waals surface area contributed by atoms with E-state index in [0.29, 0.717) is 11.7 Å². The SMILES string of the molecule is Cc1ccc2nc(C(=O)NCc3noc(-c4ccccc4)n3)[nH]c2c1. The number of carbonyl (C=O) groups excluding carboxylic acids is 1. The topological polar surface area (TPSA) is 96.7 Å². The van der Waals surface area contributed by atoms with Crippen molar-refractivity contribution in [1.82, 2.24) is 25.4 Å². The van der Waals surface area contributed by atoms with Gasteiger partial charge in [0.1, 0.15) is 0 Å². The van der Waals surface area contributed by atoms with Gasteiger partial charge in [-0.15, -0.1) is 0 Å². The fourth-order valence-electron chi connectivity index (χ4n) is 2.50. The summed E-state index contributed by atoms with van der Waals surface area (Å²) in [7, 11) is 0. The third kappa shape index (κ3) is 3.12. The monoisotopic (exact) mass is 333 g/mol. The van der Waals surface area contributed by atoms with E-state index < -0.39 is 0 Å². The second kappa shape index (κ2) is 6.20. The zero-order chi connectivity index (χ0) is 17.2. The maximum atomic E-state index is 12.3. The summed E-state index contributed by atoms with van der Waals surface area (Å²) in [6.07, 6.45) is 0. The summed E-state index contributed by atoms with van der Waals surface area (Å²) in [5.41, 5.74) is 3.52. The Bertz CT molecular complexity index is 1040. The number of hydrogen-bond donors (Lipinski definition) is 2. The van der Waals surface area contributed by atoms with Gasteiger partial charge >= 0.3 is 0 Å². The molecule has 7 nitrogen and oxygen atoms in total. The summed E-state index contributed by atoms with van der Waals surface area (Å²) in [6, 6.07) is 15.2. The van der Waals surface area contributed by atoms with Gasteiger partial charge in [0.05, 0.1) is 17.6 Å². The molecule has 124 valence electrons. The van der Waals surface area contributed by atoms with Crippen LogP contribution in [0.4, 0.5) is 0 Å². The molecule has 4 aromatic rings. The molecule has 0 aliphatic heterocycles. The normalized spacial score (nSPS) is 10.9. The van der Waals surface area contributed by atoms with E-state index in [1.807, 2.05) is 55.5 Å². The number of hydrogen-bond acceptors (Lipinski definition) is 5. The first-order chi connectivity index (χ1) is 12.2. The number of nitrogens with one attached hydrogen (secondary N) is 2. The standard InChI is InChI=1S/C18H15N5O2/c1-11-7-8-13-14(9-11)21-16(20-13)17(24)19-10-15-22-18(25-23-15)12-5-3-2-4-6-12/h2-9H,10H2,1H3,(H,19,24)(H,20,21). The number of fused-ring (bicyclic) bond motifs is 1. The molecule has 2 aromatic heterocycles. The largest absolute Gasteiger partial charge is 0.342 e. The summed E-state index contributed by atoms with van der Waals surface area (Å²) < 4.78 is 5.21. The first-order valence-corrected chi connectivity index (χ1v) is 7.81. The lowest BCUT2D eigenvalue weighted by molar-refractivity contribution is 0.0940. The number of H-pyrrole nitrogens is 1. The van der Waals surface area contributed by atoms with Crippen molar-refractivity contribution in [3.63, 3.8) is 0 Å². The van der Waals surface area contributed by atoms with Crippen LogP contribution >= 0.6 is 0 Å². The Morgan fingerprint density at radius 3 is 2.84 bits per heavy atom. The number of amides is 1. The predicted octanol–water partition coefficient (Wildman–Crippen LogP) is 2.85. The van der Waals surface area contributed by atoms with E-state index in [4.69, 9.17) is 4.52 Å². The molecule has 0 saturated heterocycles. The summed E-state index contributed by atoms with van der Waals surface area (Å²) in [4.78, 5) is 23.8. The first-order valence-electron chi connectivity index (χ1n) is 7.81. The van der Waals surface area contributed by atoms with Gasteiger partial charge in [0.25, 0.3) is 11.8 Å². The molecule has 1 amide bonds. The van der Waals surface area contributed by atoms with Gasteiger partial charge in [0, 0.05) is 5.56 Å². The van der Waals surface area contributed by atoms with Gasteiger partial charge in [-0.2, -0.15) is 4.98 Å². The van der Waals surface area contributed by atoms with Crippen LogP contribution in [0.3, 0.4) is 0 Å². The lowest BCUT2D eigenvalue weighted by Crippen LogP contribution is -2.24. The van der Waals surface area contributed by atoms with Gasteiger partial charge in [-0.05, 0) is 36.8 Å². The third-order valence-electron chi connectivity index (χ3n) is 3.75. The number of imidazole rings is 1. The van der Waals surface area contributed by atoms with Gasteiger partial charge in [-0.3, -0.25) is 4.79 Å². The molecule has 0 fully saturated rings. The predicted molar refractivity (Wildman–Crippen MR) is 91.7 cm³/mol. The molecule has 25 heavy (non-hydrogen) atoms. The average molecular weight is 333 g/mol. The fourth-order valence-corrected chi connectivity index (χ4v) is 2.50. The number of aromatic amines is 1. The van der Waals surface area contributed by atoms with Crippen LogP contribution in [0.25, 0.3) is 22.5 Å². The zero-order valence-corrected chi connectivity index (χ0v) is 13.5. The molecule has 0 aliphatic carbocycles.